The van der Waals surface area contributed by atoms with E-state index in [1.807, 2.05) is 0 Å². The molecule has 0 aliphatic carbocycles. The number of hydrogen-bond donors (Lipinski definition) is 2. The lowest BCUT2D eigenvalue weighted by Gasteiger charge is -2.14. The Balaban J connectivity index is -0.000000103. The van der Waals surface area contributed by atoms with E-state index in [2.05, 4.69) is 5.32 Å². The zero-order valence-corrected chi connectivity index (χ0v) is 11.5. The lowest BCUT2D eigenvalue weighted by Crippen LogP contribution is -2.34. The Morgan fingerprint density at radius 3 is 1.55 bits per heavy atom. The van der Waals surface area contributed by atoms with Crippen LogP contribution in [0.1, 0.15) is 13.8 Å². The Bertz CT molecular complexity index is 205. The van der Waals surface area contributed by atoms with Gasteiger partial charge < -0.3 is 10.1 Å². The van der Waals surface area contributed by atoms with Gasteiger partial charge in [0.15, 0.2) is 0 Å². The fourth-order valence-electron chi connectivity index (χ4n) is 0.736. The largest absolute Gasteiger partial charge is 0.368 e. The van der Waals surface area contributed by atoms with Crippen molar-refractivity contribution in [3.05, 3.63) is 0 Å². The average molecular weight is 358 g/mol. The molecule has 14 heteroatoms. The molecule has 0 saturated heterocycles. The number of likely N-dealkylation sites (N-methyl/N-ethyl adjacent to an activating group) is 1. The van der Waals surface area contributed by atoms with Crippen molar-refractivity contribution in [3.8, 4) is 0 Å². The molecule has 2 amide bonds. The SMILES string of the molecule is CNC(=O)C(C)OCC(C)C(=O)NF.FF.FF.FF.FF. The summed E-state index contributed by atoms with van der Waals surface area (Å²) in [6, 6.07) is 0. The molecule has 0 rings (SSSR count). The molecule has 0 spiro atoms. The third kappa shape index (κ3) is 23.4. The zero-order valence-electron chi connectivity index (χ0n) is 11.5. The first kappa shape index (κ1) is 32.3. The van der Waals surface area contributed by atoms with E-state index in [-0.39, 0.29) is 12.5 Å². The van der Waals surface area contributed by atoms with E-state index >= 15 is 0 Å². The van der Waals surface area contributed by atoms with Crippen LogP contribution < -0.4 is 10.9 Å². The molecule has 0 aliphatic rings. The molecule has 138 valence electrons. The minimum absolute atomic E-state index is 0.00431. The number of carbonyl (C=O) groups is 2. The van der Waals surface area contributed by atoms with Crippen LogP contribution in [0.3, 0.4) is 0 Å². The van der Waals surface area contributed by atoms with Crippen LogP contribution in [0.15, 0.2) is 0 Å². The summed E-state index contributed by atoms with van der Waals surface area (Å²) >= 11 is 0. The summed E-state index contributed by atoms with van der Waals surface area (Å²) in [5.74, 6) is -1.65. The highest BCUT2D eigenvalue weighted by molar-refractivity contribution is 5.80. The standard InChI is InChI=1S/C8H15FN2O3.4F2/c1-5(7(12)11-9)4-14-6(2)8(13)10-3;4*1-2/h5-6H,4H2,1-3H3,(H,10,13)(H,11,12);;;;. The maximum atomic E-state index is 11.7. The number of carbonyl (C=O) groups excluding carboxylic acids is 2. The first-order chi connectivity index (χ1) is 10.5. The Labute approximate surface area is 119 Å². The normalized spacial score (nSPS) is 10.2. The van der Waals surface area contributed by atoms with Gasteiger partial charge in [-0.3, -0.25) is 9.59 Å². The maximum Gasteiger partial charge on any atom is 0.252 e. The molecule has 0 aromatic rings. The van der Waals surface area contributed by atoms with Gasteiger partial charge in [-0.25, -0.2) is 0 Å². The molecule has 0 heterocycles. The average Bonchev–Trinajstić information content (AvgIpc) is 2.64. The van der Waals surface area contributed by atoms with Gasteiger partial charge in [0.25, 0.3) is 5.91 Å². The van der Waals surface area contributed by atoms with Crippen molar-refractivity contribution in [3.63, 3.8) is 0 Å². The molecule has 0 bridgehead atoms. The van der Waals surface area contributed by atoms with Gasteiger partial charge in [-0.2, -0.15) is 5.54 Å². The zero-order chi connectivity index (χ0) is 19.1. The molecule has 22 heavy (non-hydrogen) atoms. The second-order valence-electron chi connectivity index (χ2n) is 2.95. The fraction of sp³-hybridized carbons (Fsp3) is 0.750. The Morgan fingerprint density at radius 1 is 0.909 bits per heavy atom. The van der Waals surface area contributed by atoms with Gasteiger partial charge in [-0.05, 0) is 6.92 Å². The molecule has 0 fully saturated rings. The van der Waals surface area contributed by atoms with E-state index in [0.29, 0.717) is 0 Å². The van der Waals surface area contributed by atoms with Crippen molar-refractivity contribution < 1.29 is 55.4 Å². The highest BCUT2D eigenvalue weighted by Crippen LogP contribution is 1.99. The van der Waals surface area contributed by atoms with Crippen molar-refractivity contribution in [1.29, 1.82) is 0 Å². The van der Waals surface area contributed by atoms with Crippen LogP contribution in [0, 0.1) is 5.92 Å². The first-order valence-corrected chi connectivity index (χ1v) is 4.83. The van der Waals surface area contributed by atoms with Crippen molar-refractivity contribution in [2.75, 3.05) is 13.7 Å². The molecule has 5 nitrogen and oxygen atoms in total. The van der Waals surface area contributed by atoms with Crippen molar-refractivity contribution in [2.45, 2.75) is 20.0 Å². The van der Waals surface area contributed by atoms with Gasteiger partial charge in [0, 0.05) is 43.6 Å². The van der Waals surface area contributed by atoms with Crippen molar-refractivity contribution in [1.82, 2.24) is 10.9 Å². The van der Waals surface area contributed by atoms with Crippen molar-refractivity contribution in [2.24, 2.45) is 5.92 Å². The molecule has 0 aromatic heterocycles. The van der Waals surface area contributed by atoms with E-state index < -0.39 is 17.9 Å². The fourth-order valence-corrected chi connectivity index (χ4v) is 0.736. The summed E-state index contributed by atoms with van der Waals surface area (Å²) in [6.45, 7) is 3.06. The molecule has 0 radical (unpaired) electrons. The number of amides is 2. The minimum Gasteiger partial charge on any atom is -0.368 e. The summed E-state index contributed by atoms with van der Waals surface area (Å²) in [5.41, 5.74) is 1.01. The number of nitrogens with one attached hydrogen (secondary N) is 2. The van der Waals surface area contributed by atoms with E-state index in [1.165, 1.54) is 14.0 Å². The number of ether oxygens (including phenoxy) is 1. The number of rotatable bonds is 5. The van der Waals surface area contributed by atoms with E-state index in [1.54, 1.807) is 6.92 Å². The van der Waals surface area contributed by atoms with Gasteiger partial charge in [0.2, 0.25) is 5.91 Å². The van der Waals surface area contributed by atoms with E-state index in [4.69, 9.17) is 41.3 Å². The van der Waals surface area contributed by atoms with E-state index in [9.17, 15) is 14.1 Å². The summed E-state index contributed by atoms with van der Waals surface area (Å²) < 4.78 is 80.7. The van der Waals surface area contributed by atoms with Crippen LogP contribution in [0.5, 0.6) is 0 Å². The van der Waals surface area contributed by atoms with Crippen LogP contribution in [0.25, 0.3) is 0 Å². The summed E-state index contributed by atoms with van der Waals surface area (Å²) in [7, 11) is 1.49. The summed E-state index contributed by atoms with van der Waals surface area (Å²) in [5, 5.41) is 2.39. The number of halogens is 9. The molecule has 2 unspecified atom stereocenters. The minimum atomic E-state index is -0.755. The van der Waals surface area contributed by atoms with Crippen LogP contribution in [-0.4, -0.2) is 31.6 Å². The quantitative estimate of drug-likeness (QED) is 0.586. The van der Waals surface area contributed by atoms with Crippen LogP contribution in [0.2, 0.25) is 0 Å². The Kier molecular flexibility index (Phi) is 46.3. The number of hydrogen-bond acceptors (Lipinski definition) is 3. The smallest absolute Gasteiger partial charge is 0.252 e. The van der Waals surface area contributed by atoms with Crippen LogP contribution in [0.4, 0.5) is 41.1 Å². The highest BCUT2D eigenvalue weighted by atomic mass is 20.0. The molecule has 0 aromatic carbocycles. The third-order valence-corrected chi connectivity index (χ3v) is 1.75. The van der Waals surface area contributed by atoms with Gasteiger partial charge in [-0.15, -0.1) is 4.48 Å². The lowest BCUT2D eigenvalue weighted by molar-refractivity contribution is -0.137. The van der Waals surface area contributed by atoms with Crippen molar-refractivity contribution >= 4 is 11.8 Å². The van der Waals surface area contributed by atoms with Crippen LogP contribution >= 0.6 is 0 Å². The van der Waals surface area contributed by atoms with Gasteiger partial charge >= 0.3 is 0 Å². The Morgan fingerprint density at radius 2 is 1.27 bits per heavy atom. The molecular formula is C8H15F9N2O3. The van der Waals surface area contributed by atoms with Gasteiger partial charge in [0.05, 0.1) is 12.5 Å². The monoisotopic (exact) mass is 358 g/mol. The lowest BCUT2D eigenvalue weighted by atomic mass is 10.2. The predicted octanol–water partition coefficient (Wildman–Crippen LogP) is 3.14. The van der Waals surface area contributed by atoms with E-state index in [0.717, 1.165) is 5.54 Å². The maximum absolute atomic E-state index is 11.7. The molecular weight excluding hydrogens is 343 g/mol. The second kappa shape index (κ2) is 31.6. The topological polar surface area (TPSA) is 67.4 Å². The van der Waals surface area contributed by atoms with Gasteiger partial charge in [0.1, 0.15) is 6.10 Å². The first-order valence-electron chi connectivity index (χ1n) is 4.83. The molecule has 0 saturated carbocycles. The molecule has 2 N–H and O–H groups in total. The second-order valence-corrected chi connectivity index (χ2v) is 2.95. The highest BCUT2D eigenvalue weighted by Gasteiger charge is 2.17. The van der Waals surface area contributed by atoms with Gasteiger partial charge in [-0.1, -0.05) is 6.92 Å². The Hall–Kier alpha value is -1.73. The molecule has 2 atom stereocenters. The third-order valence-electron chi connectivity index (χ3n) is 1.75. The van der Waals surface area contributed by atoms with Crippen LogP contribution in [-0.2, 0) is 14.3 Å². The predicted molar refractivity (Wildman–Crippen MR) is 56.8 cm³/mol. The summed E-state index contributed by atoms with van der Waals surface area (Å²) in [4.78, 5) is 21.7. The molecule has 0 aliphatic heterocycles. The summed E-state index contributed by atoms with van der Waals surface area (Å²) in [6.07, 6.45) is -0.644.